The third-order valence-corrected chi connectivity index (χ3v) is 3.62. The highest BCUT2D eigenvalue weighted by molar-refractivity contribution is 5.68. The zero-order valence-corrected chi connectivity index (χ0v) is 15.1. The molecule has 0 aliphatic heterocycles. The Morgan fingerprint density at radius 3 is 2.43 bits per heavy atom. The minimum Gasteiger partial charge on any atom is -0.444 e. The van der Waals surface area contributed by atoms with Crippen LogP contribution in [0.3, 0.4) is 0 Å². The molecule has 0 fully saturated rings. The van der Waals surface area contributed by atoms with E-state index in [9.17, 15) is 4.79 Å². The number of carbonyl (C=O) groups is 1. The number of nitrogens with one attached hydrogen (secondary N) is 1. The highest BCUT2D eigenvalue weighted by atomic mass is 16.6. The number of hydrogen-bond acceptors (Lipinski definition) is 2. The van der Waals surface area contributed by atoms with Gasteiger partial charge in [0.15, 0.2) is 0 Å². The standard InChI is InChI=1S/C20H31NO2/c1-6-11-16(7-2)14-18(15-17-12-9-8-10-13-17)21-19(22)23-20(3,4)5/h6,8-13,16,18H,7,14-15H2,1-5H3,(H,21,22)/b11-6+/t16-,18-/m1/s1. The predicted molar refractivity (Wildman–Crippen MR) is 96.5 cm³/mol. The summed E-state index contributed by atoms with van der Waals surface area (Å²) in [6.45, 7) is 9.86. The van der Waals surface area contributed by atoms with Crippen molar-refractivity contribution in [2.24, 2.45) is 5.92 Å². The van der Waals surface area contributed by atoms with Crippen molar-refractivity contribution in [1.82, 2.24) is 5.32 Å². The number of amides is 1. The summed E-state index contributed by atoms with van der Waals surface area (Å²) in [6, 6.07) is 10.3. The fourth-order valence-electron chi connectivity index (χ4n) is 2.59. The monoisotopic (exact) mass is 317 g/mol. The van der Waals surface area contributed by atoms with Gasteiger partial charge < -0.3 is 10.1 Å². The average Bonchev–Trinajstić information content (AvgIpc) is 2.45. The number of benzene rings is 1. The summed E-state index contributed by atoms with van der Waals surface area (Å²) in [5.74, 6) is 0.462. The van der Waals surface area contributed by atoms with Gasteiger partial charge in [0.25, 0.3) is 0 Å². The van der Waals surface area contributed by atoms with E-state index in [1.165, 1.54) is 5.56 Å². The highest BCUT2D eigenvalue weighted by Gasteiger charge is 2.21. The van der Waals surface area contributed by atoms with Gasteiger partial charge in [0.05, 0.1) is 0 Å². The molecule has 0 aliphatic rings. The average molecular weight is 317 g/mol. The largest absolute Gasteiger partial charge is 0.444 e. The summed E-state index contributed by atoms with van der Waals surface area (Å²) < 4.78 is 5.41. The molecule has 0 saturated heterocycles. The topological polar surface area (TPSA) is 38.3 Å². The van der Waals surface area contributed by atoms with E-state index >= 15 is 0 Å². The second-order valence-electron chi connectivity index (χ2n) is 6.96. The van der Waals surface area contributed by atoms with Crippen LogP contribution in [0.15, 0.2) is 42.5 Å². The second kappa shape index (κ2) is 9.39. The van der Waals surface area contributed by atoms with Crippen LogP contribution in [0.2, 0.25) is 0 Å². The van der Waals surface area contributed by atoms with Crippen molar-refractivity contribution in [1.29, 1.82) is 0 Å². The Bertz CT molecular complexity index is 488. The number of hydrogen-bond donors (Lipinski definition) is 1. The smallest absolute Gasteiger partial charge is 0.407 e. The molecule has 3 heteroatoms. The van der Waals surface area contributed by atoms with Gasteiger partial charge >= 0.3 is 6.09 Å². The molecule has 0 aromatic heterocycles. The van der Waals surface area contributed by atoms with Crippen LogP contribution in [-0.4, -0.2) is 17.7 Å². The molecule has 3 nitrogen and oxygen atoms in total. The van der Waals surface area contributed by atoms with Crippen LogP contribution >= 0.6 is 0 Å². The molecule has 1 amide bonds. The van der Waals surface area contributed by atoms with Gasteiger partial charge in [0.2, 0.25) is 0 Å². The maximum atomic E-state index is 12.1. The van der Waals surface area contributed by atoms with E-state index in [4.69, 9.17) is 4.74 Å². The number of allylic oxidation sites excluding steroid dienone is 2. The van der Waals surface area contributed by atoms with E-state index < -0.39 is 5.60 Å². The molecule has 1 rings (SSSR count). The van der Waals surface area contributed by atoms with E-state index in [0.29, 0.717) is 5.92 Å². The summed E-state index contributed by atoms with van der Waals surface area (Å²) in [5, 5.41) is 3.05. The van der Waals surface area contributed by atoms with Crippen molar-refractivity contribution >= 4 is 6.09 Å². The maximum Gasteiger partial charge on any atom is 0.407 e. The van der Waals surface area contributed by atoms with Crippen LogP contribution in [0.5, 0.6) is 0 Å². The molecular formula is C20H31NO2. The van der Waals surface area contributed by atoms with E-state index in [2.05, 4.69) is 36.5 Å². The first-order valence-corrected chi connectivity index (χ1v) is 8.50. The Labute approximate surface area is 141 Å². The second-order valence-corrected chi connectivity index (χ2v) is 6.96. The van der Waals surface area contributed by atoms with Crippen molar-refractivity contribution in [3.8, 4) is 0 Å². The van der Waals surface area contributed by atoms with Crippen LogP contribution in [0, 0.1) is 5.92 Å². The Morgan fingerprint density at radius 2 is 1.91 bits per heavy atom. The zero-order chi connectivity index (χ0) is 17.3. The number of alkyl carbamates (subject to hydrolysis) is 1. The number of carbonyl (C=O) groups excluding carboxylic acids is 1. The van der Waals surface area contributed by atoms with Crippen LogP contribution in [0.1, 0.15) is 53.0 Å². The maximum absolute atomic E-state index is 12.1. The minimum absolute atomic E-state index is 0.0633. The van der Waals surface area contributed by atoms with Crippen LogP contribution in [-0.2, 0) is 11.2 Å². The first-order chi connectivity index (χ1) is 10.8. The van der Waals surface area contributed by atoms with Crippen molar-refractivity contribution in [3.63, 3.8) is 0 Å². The van der Waals surface area contributed by atoms with E-state index in [0.717, 1.165) is 19.3 Å². The first kappa shape index (κ1) is 19.3. The normalized spacial score (nSPS) is 14.5. The van der Waals surface area contributed by atoms with Crippen LogP contribution in [0.25, 0.3) is 0 Å². The van der Waals surface area contributed by atoms with Crippen LogP contribution in [0.4, 0.5) is 4.79 Å². The van der Waals surface area contributed by atoms with Gasteiger partial charge in [-0.25, -0.2) is 4.79 Å². The van der Waals surface area contributed by atoms with Gasteiger partial charge in [0, 0.05) is 6.04 Å². The number of ether oxygens (including phenoxy) is 1. The van der Waals surface area contributed by atoms with Gasteiger partial charge in [-0.1, -0.05) is 49.4 Å². The van der Waals surface area contributed by atoms with Crippen molar-refractivity contribution < 1.29 is 9.53 Å². The number of rotatable bonds is 7. The van der Waals surface area contributed by atoms with Gasteiger partial charge in [-0.3, -0.25) is 0 Å². The van der Waals surface area contributed by atoms with Gasteiger partial charge in [-0.2, -0.15) is 0 Å². The molecule has 1 N–H and O–H groups in total. The summed E-state index contributed by atoms with van der Waals surface area (Å²) in [5.41, 5.74) is 0.749. The molecule has 0 radical (unpaired) electrons. The highest BCUT2D eigenvalue weighted by Crippen LogP contribution is 2.17. The zero-order valence-electron chi connectivity index (χ0n) is 15.1. The third kappa shape index (κ3) is 8.44. The molecule has 1 aromatic rings. The van der Waals surface area contributed by atoms with Crippen LogP contribution < -0.4 is 5.32 Å². The van der Waals surface area contributed by atoms with Gasteiger partial charge in [-0.05, 0) is 58.4 Å². The Morgan fingerprint density at radius 1 is 1.26 bits per heavy atom. The molecule has 0 saturated carbocycles. The molecule has 1 aromatic carbocycles. The van der Waals surface area contributed by atoms with Gasteiger partial charge in [0.1, 0.15) is 5.60 Å². The molecule has 128 valence electrons. The van der Waals surface area contributed by atoms with Gasteiger partial charge in [-0.15, -0.1) is 0 Å². The molecule has 0 bridgehead atoms. The molecular weight excluding hydrogens is 286 g/mol. The summed E-state index contributed by atoms with van der Waals surface area (Å²) in [7, 11) is 0. The van der Waals surface area contributed by atoms with Crippen molar-refractivity contribution in [3.05, 3.63) is 48.0 Å². The summed E-state index contributed by atoms with van der Waals surface area (Å²) in [6.07, 6.45) is 6.75. The molecule has 2 atom stereocenters. The van der Waals surface area contributed by atoms with E-state index in [-0.39, 0.29) is 12.1 Å². The molecule has 0 unspecified atom stereocenters. The fourth-order valence-corrected chi connectivity index (χ4v) is 2.59. The third-order valence-electron chi connectivity index (χ3n) is 3.62. The van der Waals surface area contributed by atoms with Crippen molar-refractivity contribution in [2.45, 2.75) is 65.5 Å². The lowest BCUT2D eigenvalue weighted by atomic mass is 9.93. The van der Waals surface area contributed by atoms with E-state index in [1.54, 1.807) is 0 Å². The lowest BCUT2D eigenvalue weighted by Gasteiger charge is -2.25. The lowest BCUT2D eigenvalue weighted by Crippen LogP contribution is -2.41. The Hall–Kier alpha value is -1.77. The fraction of sp³-hybridized carbons (Fsp3) is 0.550. The first-order valence-electron chi connectivity index (χ1n) is 8.50. The Balaban J connectivity index is 2.76. The minimum atomic E-state index is -0.477. The SMILES string of the molecule is C/C=C/[C@@H](CC)C[C@H](Cc1ccccc1)NC(=O)OC(C)(C)C. The summed E-state index contributed by atoms with van der Waals surface area (Å²) >= 11 is 0. The predicted octanol–water partition coefficient (Wildman–Crippen LogP) is 5.11. The summed E-state index contributed by atoms with van der Waals surface area (Å²) in [4.78, 5) is 12.1. The van der Waals surface area contributed by atoms with Crippen molar-refractivity contribution in [2.75, 3.05) is 0 Å². The Kier molecular flexibility index (Phi) is 7.87. The molecule has 0 heterocycles. The molecule has 0 spiro atoms. The molecule has 23 heavy (non-hydrogen) atoms. The lowest BCUT2D eigenvalue weighted by molar-refractivity contribution is 0.0498. The quantitative estimate of drug-likeness (QED) is 0.709. The molecule has 0 aliphatic carbocycles. The van der Waals surface area contributed by atoms with E-state index in [1.807, 2.05) is 45.9 Å².